The predicted molar refractivity (Wildman–Crippen MR) is 94.4 cm³/mol. The molecule has 130 valence electrons. The number of benzene rings is 1. The van der Waals surface area contributed by atoms with Crippen LogP contribution in [0.15, 0.2) is 24.3 Å². The minimum Gasteiger partial charge on any atom is -0.338 e. The second kappa shape index (κ2) is 7.75. The average Bonchev–Trinajstić information content (AvgIpc) is 3.39. The van der Waals surface area contributed by atoms with E-state index in [0.717, 1.165) is 13.0 Å². The molecular weight excluding hydrogens is 328 g/mol. The molecule has 0 aromatic heterocycles. The van der Waals surface area contributed by atoms with Crippen molar-refractivity contribution < 1.29 is 9.59 Å². The number of urea groups is 2. The first-order valence-electron chi connectivity index (χ1n) is 8.46. The molecule has 7 heteroatoms. The number of anilines is 1. The molecule has 6 nitrogen and oxygen atoms in total. The minimum absolute atomic E-state index is 0.0148. The van der Waals surface area contributed by atoms with Gasteiger partial charge in [0.05, 0.1) is 0 Å². The van der Waals surface area contributed by atoms with E-state index in [1.54, 1.807) is 34.1 Å². The summed E-state index contributed by atoms with van der Waals surface area (Å²) in [4.78, 5) is 28.1. The lowest BCUT2D eigenvalue weighted by Crippen LogP contribution is -2.43. The zero-order valence-electron chi connectivity index (χ0n) is 13.6. The summed E-state index contributed by atoms with van der Waals surface area (Å²) in [6.45, 7) is 3.17. The van der Waals surface area contributed by atoms with E-state index in [-0.39, 0.29) is 12.1 Å². The molecule has 1 aliphatic carbocycles. The summed E-state index contributed by atoms with van der Waals surface area (Å²) >= 11 is 5.93. The van der Waals surface area contributed by atoms with Crippen LogP contribution < -0.4 is 10.6 Å². The van der Waals surface area contributed by atoms with Crippen molar-refractivity contribution in [1.82, 2.24) is 15.1 Å². The number of carbonyl (C=O) groups excluding carboxylic acids is 2. The summed E-state index contributed by atoms with van der Waals surface area (Å²) in [6, 6.07) is 6.92. The largest absolute Gasteiger partial charge is 0.338 e. The lowest BCUT2D eigenvalue weighted by molar-refractivity contribution is 0.195. The molecule has 1 aromatic carbocycles. The van der Waals surface area contributed by atoms with Gasteiger partial charge in [-0.25, -0.2) is 9.59 Å². The van der Waals surface area contributed by atoms with Crippen molar-refractivity contribution in [3.63, 3.8) is 0 Å². The van der Waals surface area contributed by atoms with Crippen LogP contribution in [-0.2, 0) is 0 Å². The number of halogens is 1. The molecule has 0 radical (unpaired) electrons. The summed E-state index contributed by atoms with van der Waals surface area (Å²) in [5.41, 5.74) is 0.677. The number of rotatable bonds is 3. The van der Waals surface area contributed by atoms with Crippen molar-refractivity contribution >= 4 is 29.4 Å². The fourth-order valence-corrected chi connectivity index (χ4v) is 2.95. The van der Waals surface area contributed by atoms with Crippen molar-refractivity contribution in [2.24, 2.45) is 5.92 Å². The van der Waals surface area contributed by atoms with E-state index in [1.807, 2.05) is 0 Å². The first kappa shape index (κ1) is 16.9. The predicted octanol–water partition coefficient (Wildman–Crippen LogP) is 3.00. The second-order valence-corrected chi connectivity index (χ2v) is 6.83. The van der Waals surface area contributed by atoms with Gasteiger partial charge in [-0.05, 0) is 43.4 Å². The third-order valence-electron chi connectivity index (χ3n) is 4.39. The topological polar surface area (TPSA) is 64.7 Å². The highest BCUT2D eigenvalue weighted by Crippen LogP contribution is 2.27. The molecule has 24 heavy (non-hydrogen) atoms. The summed E-state index contributed by atoms with van der Waals surface area (Å²) in [5.74, 6) is 0.668. The van der Waals surface area contributed by atoms with Crippen LogP contribution in [-0.4, -0.2) is 54.6 Å². The molecule has 1 aromatic rings. The van der Waals surface area contributed by atoms with E-state index in [0.29, 0.717) is 42.8 Å². The Hall–Kier alpha value is -1.95. The maximum absolute atomic E-state index is 12.4. The second-order valence-electron chi connectivity index (χ2n) is 6.40. The molecule has 0 spiro atoms. The monoisotopic (exact) mass is 350 g/mol. The summed E-state index contributed by atoms with van der Waals surface area (Å²) in [7, 11) is 0. The van der Waals surface area contributed by atoms with Gasteiger partial charge < -0.3 is 20.4 Å². The maximum Gasteiger partial charge on any atom is 0.321 e. The van der Waals surface area contributed by atoms with Gasteiger partial charge in [0.25, 0.3) is 0 Å². The van der Waals surface area contributed by atoms with E-state index in [1.165, 1.54) is 12.8 Å². The zero-order valence-corrected chi connectivity index (χ0v) is 14.4. The van der Waals surface area contributed by atoms with E-state index in [9.17, 15) is 9.59 Å². The zero-order chi connectivity index (χ0) is 16.9. The maximum atomic E-state index is 12.4. The Morgan fingerprint density at radius 2 is 1.79 bits per heavy atom. The van der Waals surface area contributed by atoms with E-state index < -0.39 is 0 Å². The number of hydrogen-bond donors (Lipinski definition) is 2. The number of nitrogens with one attached hydrogen (secondary N) is 2. The Bertz CT molecular complexity index is 606. The van der Waals surface area contributed by atoms with E-state index >= 15 is 0 Å². The molecule has 1 aliphatic heterocycles. The average molecular weight is 351 g/mol. The standard InChI is InChI=1S/C17H23ClN4O2/c18-14-3-1-4-15(11-14)20-17(24)22-8-2-7-21(9-10-22)16(23)19-12-13-5-6-13/h1,3-4,11,13H,2,5-10,12H2,(H,19,23)(H,20,24). The van der Waals surface area contributed by atoms with Gasteiger partial charge in [0.15, 0.2) is 0 Å². The van der Waals surface area contributed by atoms with Crippen LogP contribution in [0.2, 0.25) is 5.02 Å². The van der Waals surface area contributed by atoms with Gasteiger partial charge in [-0.2, -0.15) is 0 Å². The van der Waals surface area contributed by atoms with Crippen LogP contribution in [0, 0.1) is 5.92 Å². The minimum atomic E-state index is -0.155. The highest BCUT2D eigenvalue weighted by atomic mass is 35.5. The molecule has 2 N–H and O–H groups in total. The Morgan fingerprint density at radius 3 is 2.46 bits per heavy atom. The molecule has 0 bridgehead atoms. The van der Waals surface area contributed by atoms with Crippen LogP contribution >= 0.6 is 11.6 Å². The normalized spacial score (nSPS) is 18.0. The van der Waals surface area contributed by atoms with Gasteiger partial charge in [-0.1, -0.05) is 17.7 Å². The smallest absolute Gasteiger partial charge is 0.321 e. The highest BCUT2D eigenvalue weighted by Gasteiger charge is 2.25. The van der Waals surface area contributed by atoms with Gasteiger partial charge in [0.1, 0.15) is 0 Å². The van der Waals surface area contributed by atoms with Crippen LogP contribution in [0.1, 0.15) is 19.3 Å². The molecule has 4 amide bonds. The molecule has 2 aliphatic rings. The number of amides is 4. The van der Waals surface area contributed by atoms with Gasteiger partial charge in [0.2, 0.25) is 0 Å². The quantitative estimate of drug-likeness (QED) is 0.880. The third-order valence-corrected chi connectivity index (χ3v) is 4.62. The van der Waals surface area contributed by atoms with Gasteiger partial charge in [-0.15, -0.1) is 0 Å². The van der Waals surface area contributed by atoms with Crippen LogP contribution in [0.4, 0.5) is 15.3 Å². The van der Waals surface area contributed by atoms with Crippen molar-refractivity contribution in [1.29, 1.82) is 0 Å². The number of hydrogen-bond acceptors (Lipinski definition) is 2. The number of carbonyl (C=O) groups is 2. The lowest BCUT2D eigenvalue weighted by Gasteiger charge is -2.22. The summed E-state index contributed by atoms with van der Waals surface area (Å²) in [6.07, 6.45) is 3.22. The Kier molecular flexibility index (Phi) is 5.45. The summed E-state index contributed by atoms with van der Waals surface area (Å²) in [5, 5.41) is 6.43. The Morgan fingerprint density at radius 1 is 1.08 bits per heavy atom. The van der Waals surface area contributed by atoms with Crippen molar-refractivity contribution in [3.8, 4) is 0 Å². The molecular formula is C17H23ClN4O2. The van der Waals surface area contributed by atoms with Crippen molar-refractivity contribution in [3.05, 3.63) is 29.3 Å². The first-order chi connectivity index (χ1) is 11.6. The molecule has 1 heterocycles. The van der Waals surface area contributed by atoms with Crippen LogP contribution in [0.3, 0.4) is 0 Å². The van der Waals surface area contributed by atoms with Gasteiger partial charge in [-0.3, -0.25) is 0 Å². The molecule has 1 saturated heterocycles. The first-order valence-corrected chi connectivity index (χ1v) is 8.84. The Balaban J connectivity index is 1.48. The fourth-order valence-electron chi connectivity index (χ4n) is 2.76. The Labute approximate surface area is 147 Å². The third kappa shape index (κ3) is 4.77. The SMILES string of the molecule is O=C(NCC1CC1)N1CCCN(C(=O)Nc2cccc(Cl)c2)CC1. The van der Waals surface area contributed by atoms with Gasteiger partial charge >= 0.3 is 12.1 Å². The number of nitrogens with zero attached hydrogens (tertiary/aromatic N) is 2. The highest BCUT2D eigenvalue weighted by molar-refractivity contribution is 6.30. The molecule has 3 rings (SSSR count). The lowest BCUT2D eigenvalue weighted by atomic mass is 10.3. The molecule has 0 atom stereocenters. The van der Waals surface area contributed by atoms with Crippen molar-refractivity contribution in [2.75, 3.05) is 38.0 Å². The van der Waals surface area contributed by atoms with E-state index in [2.05, 4.69) is 10.6 Å². The van der Waals surface area contributed by atoms with Crippen LogP contribution in [0.25, 0.3) is 0 Å². The molecule has 1 saturated carbocycles. The van der Waals surface area contributed by atoms with E-state index in [4.69, 9.17) is 11.6 Å². The van der Waals surface area contributed by atoms with Crippen molar-refractivity contribution in [2.45, 2.75) is 19.3 Å². The molecule has 0 unspecified atom stereocenters. The summed E-state index contributed by atoms with van der Waals surface area (Å²) < 4.78 is 0. The molecule has 2 fully saturated rings. The van der Waals surface area contributed by atoms with Crippen LogP contribution in [0.5, 0.6) is 0 Å². The van der Waals surface area contributed by atoms with Gasteiger partial charge in [0, 0.05) is 43.4 Å². The fraction of sp³-hybridized carbons (Fsp3) is 0.529.